The zero-order chi connectivity index (χ0) is 11.3. The minimum atomic E-state index is -0.178. The van der Waals surface area contributed by atoms with Crippen LogP contribution in [-0.2, 0) is 6.42 Å². The van der Waals surface area contributed by atoms with Crippen LogP contribution in [0.25, 0.3) is 0 Å². The van der Waals surface area contributed by atoms with Gasteiger partial charge in [-0.3, -0.25) is 0 Å². The molecule has 1 aromatic rings. The van der Waals surface area contributed by atoms with Gasteiger partial charge in [-0.25, -0.2) is 4.39 Å². The highest BCUT2D eigenvalue weighted by molar-refractivity contribution is 5.49. The second kappa shape index (κ2) is 5.71. The van der Waals surface area contributed by atoms with Gasteiger partial charge in [-0.05, 0) is 50.6 Å². The minimum absolute atomic E-state index is 0.178. The van der Waals surface area contributed by atoms with Crippen LogP contribution >= 0.6 is 0 Å². The Bertz CT molecular complexity index is 308. The quantitative estimate of drug-likeness (QED) is 0.807. The molecule has 0 aliphatic heterocycles. The first-order valence-corrected chi connectivity index (χ1v) is 5.45. The third-order valence-electron chi connectivity index (χ3n) is 2.50. The molecule has 0 bridgehead atoms. The highest BCUT2D eigenvalue weighted by atomic mass is 19.1. The zero-order valence-corrected chi connectivity index (χ0v) is 9.46. The topological polar surface area (TPSA) is 29.3 Å². The van der Waals surface area contributed by atoms with Crippen LogP contribution < -0.4 is 10.6 Å². The van der Waals surface area contributed by atoms with E-state index in [1.807, 2.05) is 6.07 Å². The molecule has 1 rings (SSSR count). The Labute approximate surface area is 90.9 Å². The van der Waals surface area contributed by atoms with Crippen LogP contribution in [0.1, 0.15) is 19.4 Å². The molecule has 0 saturated carbocycles. The van der Waals surface area contributed by atoms with Gasteiger partial charge in [-0.1, -0.05) is 0 Å². The molecular weight excluding hydrogens is 191 g/mol. The number of nitrogens with zero attached hydrogens (tertiary/aromatic N) is 1. The molecule has 0 saturated heterocycles. The van der Waals surface area contributed by atoms with E-state index in [1.54, 1.807) is 12.1 Å². The summed E-state index contributed by atoms with van der Waals surface area (Å²) < 4.78 is 13.3. The summed E-state index contributed by atoms with van der Waals surface area (Å²) in [5, 5.41) is 0. The molecule has 0 unspecified atom stereocenters. The number of halogens is 1. The van der Waals surface area contributed by atoms with Gasteiger partial charge in [-0.15, -0.1) is 0 Å². The van der Waals surface area contributed by atoms with Crippen molar-refractivity contribution in [2.24, 2.45) is 5.73 Å². The van der Waals surface area contributed by atoms with E-state index < -0.39 is 0 Å². The van der Waals surface area contributed by atoms with E-state index in [2.05, 4.69) is 18.7 Å². The van der Waals surface area contributed by atoms with E-state index in [0.29, 0.717) is 6.54 Å². The van der Waals surface area contributed by atoms with Crippen molar-refractivity contribution in [1.82, 2.24) is 0 Å². The second-order valence-corrected chi connectivity index (χ2v) is 3.53. The maximum atomic E-state index is 13.3. The molecule has 0 atom stereocenters. The van der Waals surface area contributed by atoms with Crippen LogP contribution in [0.4, 0.5) is 10.1 Å². The lowest BCUT2D eigenvalue weighted by Gasteiger charge is -2.21. The van der Waals surface area contributed by atoms with Crippen LogP contribution in [-0.4, -0.2) is 19.6 Å². The zero-order valence-electron chi connectivity index (χ0n) is 9.46. The maximum Gasteiger partial charge on any atom is 0.125 e. The molecule has 0 amide bonds. The Balaban J connectivity index is 2.96. The lowest BCUT2D eigenvalue weighted by atomic mass is 10.1. The molecule has 1 aromatic carbocycles. The van der Waals surface area contributed by atoms with Crippen molar-refractivity contribution in [2.45, 2.75) is 20.3 Å². The molecule has 0 fully saturated rings. The molecule has 0 aliphatic rings. The van der Waals surface area contributed by atoms with Crippen LogP contribution in [0, 0.1) is 5.82 Å². The van der Waals surface area contributed by atoms with E-state index in [0.717, 1.165) is 30.8 Å². The lowest BCUT2D eigenvalue weighted by molar-refractivity contribution is 0.624. The fourth-order valence-electron chi connectivity index (χ4n) is 1.72. The molecule has 0 heterocycles. The predicted molar refractivity (Wildman–Crippen MR) is 62.7 cm³/mol. The van der Waals surface area contributed by atoms with Gasteiger partial charge in [0.05, 0.1) is 0 Å². The standard InChI is InChI=1S/C12H19FN2/c1-3-15(4-2)12-8-10(5-6-14)7-11(13)9-12/h7-9H,3-6,14H2,1-2H3. The summed E-state index contributed by atoms with van der Waals surface area (Å²) in [4.78, 5) is 2.13. The third-order valence-corrected chi connectivity index (χ3v) is 2.50. The SMILES string of the molecule is CCN(CC)c1cc(F)cc(CCN)c1. The van der Waals surface area contributed by atoms with E-state index in [1.165, 1.54) is 0 Å². The largest absolute Gasteiger partial charge is 0.372 e. The Morgan fingerprint density at radius 3 is 2.40 bits per heavy atom. The number of anilines is 1. The van der Waals surface area contributed by atoms with Crippen molar-refractivity contribution in [3.63, 3.8) is 0 Å². The summed E-state index contributed by atoms with van der Waals surface area (Å²) in [5.74, 6) is -0.178. The average molecular weight is 210 g/mol. The fourth-order valence-corrected chi connectivity index (χ4v) is 1.72. The summed E-state index contributed by atoms with van der Waals surface area (Å²) in [6.45, 7) is 6.47. The van der Waals surface area contributed by atoms with Gasteiger partial charge in [0, 0.05) is 18.8 Å². The number of hydrogen-bond donors (Lipinski definition) is 1. The van der Waals surface area contributed by atoms with Gasteiger partial charge < -0.3 is 10.6 Å². The van der Waals surface area contributed by atoms with E-state index in [4.69, 9.17) is 5.73 Å². The molecule has 0 radical (unpaired) electrons. The summed E-state index contributed by atoms with van der Waals surface area (Å²) in [7, 11) is 0. The van der Waals surface area contributed by atoms with Gasteiger partial charge in [0.25, 0.3) is 0 Å². The summed E-state index contributed by atoms with van der Waals surface area (Å²) in [6.07, 6.45) is 0.728. The normalized spacial score (nSPS) is 10.4. The molecule has 0 aliphatic carbocycles. The second-order valence-electron chi connectivity index (χ2n) is 3.53. The molecule has 2 N–H and O–H groups in total. The third kappa shape index (κ3) is 3.20. The Morgan fingerprint density at radius 2 is 1.87 bits per heavy atom. The van der Waals surface area contributed by atoms with Crippen molar-refractivity contribution in [1.29, 1.82) is 0 Å². The summed E-state index contributed by atoms with van der Waals surface area (Å²) in [6, 6.07) is 5.15. The maximum absolute atomic E-state index is 13.3. The number of nitrogens with two attached hydrogens (primary N) is 1. The Hall–Kier alpha value is -1.09. The predicted octanol–water partition coefficient (Wildman–Crippen LogP) is 2.17. The minimum Gasteiger partial charge on any atom is -0.372 e. The van der Waals surface area contributed by atoms with Crippen LogP contribution in [0.2, 0.25) is 0 Å². The number of hydrogen-bond acceptors (Lipinski definition) is 2. The van der Waals surface area contributed by atoms with Crippen molar-refractivity contribution in [2.75, 3.05) is 24.5 Å². The Morgan fingerprint density at radius 1 is 1.20 bits per heavy atom. The van der Waals surface area contributed by atoms with Gasteiger partial charge >= 0.3 is 0 Å². The fraction of sp³-hybridized carbons (Fsp3) is 0.500. The van der Waals surface area contributed by atoms with E-state index in [-0.39, 0.29) is 5.82 Å². The highest BCUT2D eigenvalue weighted by Gasteiger charge is 2.05. The summed E-state index contributed by atoms with van der Waals surface area (Å²) in [5.41, 5.74) is 7.39. The molecule has 2 nitrogen and oxygen atoms in total. The summed E-state index contributed by atoms with van der Waals surface area (Å²) >= 11 is 0. The van der Waals surface area contributed by atoms with Crippen molar-refractivity contribution < 1.29 is 4.39 Å². The first kappa shape index (κ1) is 12.0. The number of rotatable bonds is 5. The lowest BCUT2D eigenvalue weighted by Crippen LogP contribution is -2.22. The molecular formula is C12H19FN2. The molecule has 0 spiro atoms. The number of benzene rings is 1. The first-order valence-electron chi connectivity index (χ1n) is 5.45. The smallest absolute Gasteiger partial charge is 0.125 e. The van der Waals surface area contributed by atoms with E-state index in [9.17, 15) is 4.39 Å². The van der Waals surface area contributed by atoms with E-state index >= 15 is 0 Å². The highest BCUT2D eigenvalue weighted by Crippen LogP contribution is 2.18. The molecule has 3 heteroatoms. The first-order chi connectivity index (χ1) is 7.21. The van der Waals surface area contributed by atoms with Gasteiger partial charge in [0.2, 0.25) is 0 Å². The van der Waals surface area contributed by atoms with Crippen LogP contribution in [0.3, 0.4) is 0 Å². The van der Waals surface area contributed by atoms with Crippen molar-refractivity contribution >= 4 is 5.69 Å². The monoisotopic (exact) mass is 210 g/mol. The van der Waals surface area contributed by atoms with Gasteiger partial charge in [-0.2, -0.15) is 0 Å². The van der Waals surface area contributed by atoms with Gasteiger partial charge in [0.15, 0.2) is 0 Å². The van der Waals surface area contributed by atoms with Crippen molar-refractivity contribution in [3.8, 4) is 0 Å². The van der Waals surface area contributed by atoms with Crippen LogP contribution in [0.15, 0.2) is 18.2 Å². The molecule has 84 valence electrons. The van der Waals surface area contributed by atoms with Crippen LogP contribution in [0.5, 0.6) is 0 Å². The molecule has 0 aromatic heterocycles. The van der Waals surface area contributed by atoms with Gasteiger partial charge in [0.1, 0.15) is 5.82 Å². The molecule has 15 heavy (non-hydrogen) atoms. The average Bonchev–Trinajstić information content (AvgIpc) is 2.19. The Kier molecular flexibility index (Phi) is 4.56. The van der Waals surface area contributed by atoms with Crippen molar-refractivity contribution in [3.05, 3.63) is 29.6 Å².